The van der Waals surface area contributed by atoms with Crippen LogP contribution in [0.5, 0.6) is 0 Å². The summed E-state index contributed by atoms with van der Waals surface area (Å²) in [6.45, 7) is 9.51. The Morgan fingerprint density at radius 3 is 1.23 bits per heavy atom. The zero-order valence-electron chi connectivity index (χ0n) is 25.8. The van der Waals surface area contributed by atoms with E-state index in [1.54, 1.807) is 24.3 Å². The molecule has 4 amide bonds. The summed E-state index contributed by atoms with van der Waals surface area (Å²) in [6.07, 6.45) is 5.03. The fourth-order valence-corrected chi connectivity index (χ4v) is 4.09. The number of unbranched alkanes of at least 4 members (excludes halogenated alkanes) is 2. The fraction of sp³-hybridized carbons (Fsp3) is 0.500. The number of carbonyl (C=O) groups is 4. The molecule has 0 saturated carbocycles. The third kappa shape index (κ3) is 12.5. The number of amides is 4. The molecule has 2 aromatic carbocycles. The number of benzene rings is 2. The van der Waals surface area contributed by atoms with Gasteiger partial charge in [-0.2, -0.15) is 0 Å². The molecule has 4 N–H and O–H groups in total. The van der Waals surface area contributed by atoms with Crippen molar-refractivity contribution in [3.63, 3.8) is 0 Å². The van der Waals surface area contributed by atoms with Crippen LogP contribution in [0, 0.1) is 11.8 Å². The SMILES string of the molecule is CCCCC1C(=O)NN(c2ccccc2)C1=O.CCCCC1C(=O)NN(c2ccccc2)C1=O.CCOCC.OCCO. The van der Waals surface area contributed by atoms with E-state index in [9.17, 15) is 19.2 Å². The molecule has 0 spiro atoms. The lowest BCUT2D eigenvalue weighted by Gasteiger charge is -2.14. The molecular weight excluding hydrogens is 552 g/mol. The molecule has 11 heteroatoms. The van der Waals surface area contributed by atoms with E-state index in [-0.39, 0.29) is 36.8 Å². The number of rotatable bonds is 11. The molecule has 0 radical (unpaired) electrons. The van der Waals surface area contributed by atoms with Crippen LogP contribution in [0.4, 0.5) is 11.4 Å². The van der Waals surface area contributed by atoms with Gasteiger partial charge in [0.05, 0.1) is 24.6 Å². The van der Waals surface area contributed by atoms with Crippen molar-refractivity contribution in [3.05, 3.63) is 60.7 Å². The molecule has 0 aliphatic carbocycles. The number of hydrogen-bond donors (Lipinski definition) is 4. The predicted octanol–water partition coefficient (Wildman–Crippen LogP) is 3.76. The highest BCUT2D eigenvalue weighted by molar-refractivity contribution is 6.15. The zero-order valence-corrected chi connectivity index (χ0v) is 25.8. The molecule has 2 aliphatic rings. The first-order valence-corrected chi connectivity index (χ1v) is 15.0. The van der Waals surface area contributed by atoms with Crippen molar-refractivity contribution in [2.45, 2.75) is 66.2 Å². The highest BCUT2D eigenvalue weighted by Gasteiger charge is 2.40. The second-order valence-electron chi connectivity index (χ2n) is 9.59. The molecule has 43 heavy (non-hydrogen) atoms. The summed E-state index contributed by atoms with van der Waals surface area (Å²) in [7, 11) is 0. The van der Waals surface area contributed by atoms with E-state index in [1.807, 2.05) is 64.1 Å². The maximum Gasteiger partial charge on any atom is 0.258 e. The van der Waals surface area contributed by atoms with E-state index in [2.05, 4.69) is 10.9 Å². The Labute approximate surface area is 255 Å². The zero-order chi connectivity index (χ0) is 32.0. The minimum atomic E-state index is -0.518. The van der Waals surface area contributed by atoms with Crippen molar-refractivity contribution in [2.24, 2.45) is 11.8 Å². The molecular formula is C32H48N4O7. The number of nitrogens with zero attached hydrogens (tertiary/aromatic N) is 2. The van der Waals surface area contributed by atoms with Crippen molar-refractivity contribution in [1.82, 2.24) is 10.9 Å². The Kier molecular flexibility index (Phi) is 18.9. The molecule has 2 heterocycles. The Bertz CT molecular complexity index is 1000. The highest BCUT2D eigenvalue weighted by Crippen LogP contribution is 2.24. The van der Waals surface area contributed by atoms with Gasteiger partial charge >= 0.3 is 0 Å². The lowest BCUT2D eigenvalue weighted by Crippen LogP contribution is -2.35. The van der Waals surface area contributed by atoms with Gasteiger partial charge in [-0.05, 0) is 51.0 Å². The van der Waals surface area contributed by atoms with E-state index in [0.717, 1.165) is 38.9 Å². The van der Waals surface area contributed by atoms with Crippen molar-refractivity contribution >= 4 is 35.0 Å². The van der Waals surface area contributed by atoms with Crippen LogP contribution in [0.2, 0.25) is 0 Å². The second kappa shape index (κ2) is 21.8. The largest absolute Gasteiger partial charge is 0.394 e. The maximum atomic E-state index is 12.1. The lowest BCUT2D eigenvalue weighted by molar-refractivity contribution is -0.129. The van der Waals surface area contributed by atoms with Gasteiger partial charge in [0.2, 0.25) is 0 Å². The highest BCUT2D eigenvalue weighted by atomic mass is 16.5. The van der Waals surface area contributed by atoms with Gasteiger partial charge < -0.3 is 14.9 Å². The monoisotopic (exact) mass is 600 g/mol. The first kappa shape index (κ1) is 37.2. The quantitative estimate of drug-likeness (QED) is 0.287. The third-order valence-electron chi connectivity index (χ3n) is 6.34. The summed E-state index contributed by atoms with van der Waals surface area (Å²) >= 11 is 0. The number of hydrogen-bond acceptors (Lipinski definition) is 7. The van der Waals surface area contributed by atoms with E-state index in [1.165, 1.54) is 10.0 Å². The van der Waals surface area contributed by atoms with Gasteiger partial charge in [0.25, 0.3) is 23.6 Å². The molecule has 2 saturated heterocycles. The number of hydrazine groups is 2. The summed E-state index contributed by atoms with van der Waals surface area (Å²) < 4.78 is 4.83. The minimum absolute atomic E-state index is 0.125. The number of para-hydroxylation sites is 2. The van der Waals surface area contributed by atoms with Crippen molar-refractivity contribution in [2.75, 3.05) is 36.4 Å². The van der Waals surface area contributed by atoms with Crippen LogP contribution >= 0.6 is 0 Å². The van der Waals surface area contributed by atoms with E-state index >= 15 is 0 Å². The lowest BCUT2D eigenvalue weighted by atomic mass is 10.0. The Morgan fingerprint density at radius 1 is 0.628 bits per heavy atom. The summed E-state index contributed by atoms with van der Waals surface area (Å²) in [5, 5.41) is 17.9. The Balaban J connectivity index is 0.000000337. The van der Waals surface area contributed by atoms with Crippen LogP contribution in [-0.4, -0.2) is 60.3 Å². The predicted molar refractivity (Wildman–Crippen MR) is 167 cm³/mol. The van der Waals surface area contributed by atoms with Gasteiger partial charge in [-0.25, -0.2) is 10.0 Å². The summed E-state index contributed by atoms with van der Waals surface area (Å²) in [6, 6.07) is 18.3. The van der Waals surface area contributed by atoms with E-state index in [0.29, 0.717) is 24.2 Å². The Morgan fingerprint density at radius 2 is 0.977 bits per heavy atom. The van der Waals surface area contributed by atoms with Gasteiger partial charge in [0.1, 0.15) is 11.8 Å². The first-order valence-electron chi connectivity index (χ1n) is 15.0. The van der Waals surface area contributed by atoms with Crippen LogP contribution in [-0.2, 0) is 23.9 Å². The summed E-state index contributed by atoms with van der Waals surface area (Å²) in [5.74, 6) is -1.70. The number of aliphatic hydroxyl groups excluding tert-OH is 2. The molecule has 2 aromatic rings. The number of ether oxygens (including phenoxy) is 1. The molecule has 0 aromatic heterocycles. The molecule has 0 bridgehead atoms. The standard InChI is InChI=1S/2C13H16N2O2.C4H10O.C2H6O2/c2*1-2-3-9-11-12(16)14-15(13(11)17)10-7-5-4-6-8-10;1-3-5-4-2;3-1-2-4/h2*4-8,11H,2-3,9H2,1H3,(H,14,16);3-4H2,1-2H3;3-4H,1-2H2. The maximum absolute atomic E-state index is 12.1. The van der Waals surface area contributed by atoms with Crippen LogP contribution < -0.4 is 20.9 Å². The van der Waals surface area contributed by atoms with Crippen LogP contribution in [0.25, 0.3) is 0 Å². The van der Waals surface area contributed by atoms with Crippen LogP contribution in [0.3, 0.4) is 0 Å². The molecule has 2 atom stereocenters. The average molecular weight is 601 g/mol. The van der Waals surface area contributed by atoms with E-state index in [4.69, 9.17) is 14.9 Å². The van der Waals surface area contributed by atoms with Gasteiger partial charge in [-0.15, -0.1) is 0 Å². The normalized spacial score (nSPS) is 17.2. The molecule has 4 rings (SSSR count). The van der Waals surface area contributed by atoms with Gasteiger partial charge in [-0.1, -0.05) is 75.9 Å². The second-order valence-corrected chi connectivity index (χ2v) is 9.59. The minimum Gasteiger partial charge on any atom is -0.394 e. The Hall–Kier alpha value is -3.80. The third-order valence-corrected chi connectivity index (χ3v) is 6.34. The van der Waals surface area contributed by atoms with Crippen LogP contribution in [0.1, 0.15) is 66.2 Å². The number of nitrogens with one attached hydrogen (secondary N) is 2. The molecule has 238 valence electrons. The smallest absolute Gasteiger partial charge is 0.258 e. The van der Waals surface area contributed by atoms with Gasteiger partial charge in [0.15, 0.2) is 0 Å². The summed E-state index contributed by atoms with van der Waals surface area (Å²) in [4.78, 5) is 47.5. The number of carbonyl (C=O) groups excluding carboxylic acids is 4. The number of anilines is 2. The molecule has 2 unspecified atom stereocenters. The fourth-order valence-electron chi connectivity index (χ4n) is 4.09. The van der Waals surface area contributed by atoms with Crippen molar-refractivity contribution in [3.8, 4) is 0 Å². The summed E-state index contributed by atoms with van der Waals surface area (Å²) in [5.41, 5.74) is 6.67. The van der Waals surface area contributed by atoms with E-state index < -0.39 is 11.8 Å². The van der Waals surface area contributed by atoms with Crippen molar-refractivity contribution in [1.29, 1.82) is 0 Å². The number of aliphatic hydroxyl groups is 2. The van der Waals surface area contributed by atoms with Gasteiger partial charge in [-0.3, -0.25) is 30.0 Å². The molecule has 2 aliphatic heterocycles. The first-order chi connectivity index (χ1) is 20.8. The van der Waals surface area contributed by atoms with Crippen molar-refractivity contribution < 1.29 is 34.1 Å². The van der Waals surface area contributed by atoms with Crippen LogP contribution in [0.15, 0.2) is 60.7 Å². The molecule has 11 nitrogen and oxygen atoms in total. The molecule has 2 fully saturated rings. The van der Waals surface area contributed by atoms with Gasteiger partial charge in [0, 0.05) is 13.2 Å². The topological polar surface area (TPSA) is 149 Å². The average Bonchev–Trinajstić information content (AvgIpc) is 3.49.